The molecule has 37 heavy (non-hydrogen) atoms. The Morgan fingerprint density at radius 2 is 1.65 bits per heavy atom. The van der Waals surface area contributed by atoms with Crippen molar-refractivity contribution in [1.82, 2.24) is 26.2 Å². The van der Waals surface area contributed by atoms with E-state index in [0.29, 0.717) is 24.0 Å². The highest BCUT2D eigenvalue weighted by atomic mass is 16.6. The highest BCUT2D eigenvalue weighted by molar-refractivity contribution is 5.75. The van der Waals surface area contributed by atoms with Crippen LogP contribution in [0.1, 0.15) is 86.0 Å². The number of carbonyl (C=O) groups excluding carboxylic acids is 1. The summed E-state index contributed by atoms with van der Waals surface area (Å²) in [7, 11) is 2.15. The second kappa shape index (κ2) is 15.1. The smallest absolute Gasteiger partial charge is 0.323 e. The fourth-order valence-corrected chi connectivity index (χ4v) is 5.98. The lowest BCUT2D eigenvalue weighted by Gasteiger charge is -2.41. The average Bonchev–Trinajstić information content (AvgIpc) is 2.88. The molecule has 1 aliphatic heterocycles. The minimum absolute atomic E-state index is 0.152. The lowest BCUT2D eigenvalue weighted by atomic mass is 9.75. The van der Waals surface area contributed by atoms with Crippen molar-refractivity contribution in [1.29, 1.82) is 0 Å². The molecule has 3 fully saturated rings. The van der Waals surface area contributed by atoms with Gasteiger partial charge in [0.1, 0.15) is 17.9 Å². The summed E-state index contributed by atoms with van der Waals surface area (Å²) in [5.74, 6) is 2.00. The van der Waals surface area contributed by atoms with E-state index in [4.69, 9.17) is 9.47 Å². The van der Waals surface area contributed by atoms with Crippen LogP contribution in [0.2, 0.25) is 0 Å². The highest BCUT2D eigenvalue weighted by Gasteiger charge is 2.32. The Morgan fingerprint density at radius 3 is 2.24 bits per heavy atom. The van der Waals surface area contributed by atoms with Crippen molar-refractivity contribution < 1.29 is 14.3 Å². The molecule has 0 unspecified atom stereocenters. The molecule has 8 heteroatoms. The van der Waals surface area contributed by atoms with Crippen molar-refractivity contribution in [3.63, 3.8) is 0 Å². The Morgan fingerprint density at radius 1 is 1.00 bits per heavy atom. The van der Waals surface area contributed by atoms with Crippen molar-refractivity contribution in [2.45, 2.75) is 116 Å². The second-order valence-electron chi connectivity index (χ2n) is 12.9. The Bertz CT molecular complexity index is 648. The second-order valence-corrected chi connectivity index (χ2v) is 12.9. The number of carbonyl (C=O) groups is 1. The lowest BCUT2D eigenvalue weighted by molar-refractivity contribution is -0.157. The first kappa shape index (κ1) is 30.8. The minimum Gasteiger partial charge on any atom is -0.459 e. The number of nitrogens with one attached hydrogen (secondary N) is 4. The summed E-state index contributed by atoms with van der Waals surface area (Å²) < 4.78 is 11.6. The number of hydrogen-bond donors (Lipinski definition) is 4. The number of nitrogens with zero attached hydrogens (tertiary/aromatic N) is 1. The largest absolute Gasteiger partial charge is 0.459 e. The van der Waals surface area contributed by atoms with E-state index >= 15 is 0 Å². The molecule has 0 aromatic heterocycles. The van der Waals surface area contributed by atoms with Crippen LogP contribution in [-0.4, -0.2) is 87.3 Å². The van der Waals surface area contributed by atoms with Gasteiger partial charge in [0.2, 0.25) is 0 Å². The van der Waals surface area contributed by atoms with Crippen LogP contribution in [-0.2, 0) is 14.3 Å². The van der Waals surface area contributed by atoms with Gasteiger partial charge in [-0.3, -0.25) is 20.7 Å². The topological polar surface area (TPSA) is 86.9 Å². The van der Waals surface area contributed by atoms with Gasteiger partial charge in [-0.05, 0) is 117 Å². The van der Waals surface area contributed by atoms with Gasteiger partial charge in [0, 0.05) is 25.7 Å². The summed E-state index contributed by atoms with van der Waals surface area (Å²) in [6, 6.07) is 0.328. The van der Waals surface area contributed by atoms with Crippen LogP contribution < -0.4 is 21.3 Å². The van der Waals surface area contributed by atoms with Gasteiger partial charge in [0.05, 0.1) is 12.7 Å². The fourth-order valence-electron chi connectivity index (χ4n) is 5.98. The maximum atomic E-state index is 12.2. The molecule has 1 heterocycles. The Hall–Kier alpha value is -0.770. The molecule has 2 aliphatic carbocycles. The van der Waals surface area contributed by atoms with Crippen molar-refractivity contribution in [3.8, 4) is 0 Å². The molecule has 216 valence electrons. The number of likely N-dealkylation sites (N-methyl/N-ethyl adjacent to an activating group) is 1. The van der Waals surface area contributed by atoms with Crippen LogP contribution in [0.3, 0.4) is 0 Å². The molecule has 0 spiro atoms. The molecule has 4 N–H and O–H groups in total. The van der Waals surface area contributed by atoms with E-state index in [-0.39, 0.29) is 18.3 Å². The Balaban J connectivity index is 1.25. The number of hydrogen-bond acceptors (Lipinski definition) is 8. The van der Waals surface area contributed by atoms with Gasteiger partial charge in [-0.2, -0.15) is 0 Å². The average molecular weight is 524 g/mol. The molecule has 1 atom stereocenters. The van der Waals surface area contributed by atoms with Gasteiger partial charge in [-0.25, -0.2) is 0 Å². The maximum absolute atomic E-state index is 12.2. The van der Waals surface area contributed by atoms with E-state index in [9.17, 15) is 4.79 Å². The first-order valence-electron chi connectivity index (χ1n) is 15.1. The van der Waals surface area contributed by atoms with E-state index < -0.39 is 5.60 Å². The third-order valence-electron chi connectivity index (χ3n) is 8.64. The van der Waals surface area contributed by atoms with E-state index in [1.807, 2.05) is 27.7 Å². The van der Waals surface area contributed by atoms with Crippen LogP contribution in [0.25, 0.3) is 0 Å². The predicted molar refractivity (Wildman–Crippen MR) is 150 cm³/mol. The maximum Gasteiger partial charge on any atom is 0.323 e. The third-order valence-corrected chi connectivity index (χ3v) is 8.64. The zero-order chi connectivity index (χ0) is 26.8. The Kier molecular flexibility index (Phi) is 12.6. The molecule has 0 bridgehead atoms. The van der Waals surface area contributed by atoms with E-state index in [0.717, 1.165) is 58.1 Å². The van der Waals surface area contributed by atoms with Gasteiger partial charge in [0.25, 0.3) is 0 Å². The zero-order valence-corrected chi connectivity index (χ0v) is 24.6. The van der Waals surface area contributed by atoms with E-state index in [1.165, 1.54) is 38.5 Å². The standard InChI is InChI=1S/C29H57N5O3/c1-7-34(6)16-17-36-26-14-12-25(13-15-26)33-28-31-19-24(20-32-28)23-10-8-22(9-11-23)18-30-21(2)27(35)37-29(3,4)5/h21-26,28,30-33H,7-20H2,1-6H3/t21-,22?,23?,24?,25?,26?,28?/m0/s1. The van der Waals surface area contributed by atoms with E-state index in [1.54, 1.807) is 0 Å². The normalized spacial score (nSPS) is 32.3. The van der Waals surface area contributed by atoms with Crippen molar-refractivity contribution in [3.05, 3.63) is 0 Å². The van der Waals surface area contributed by atoms with Crippen LogP contribution in [0, 0.1) is 17.8 Å². The number of ether oxygens (including phenoxy) is 2. The monoisotopic (exact) mass is 523 g/mol. The van der Waals surface area contributed by atoms with Crippen LogP contribution in [0.4, 0.5) is 0 Å². The summed E-state index contributed by atoms with van der Waals surface area (Å²) in [5, 5.41) is 14.7. The summed E-state index contributed by atoms with van der Waals surface area (Å²) in [6.07, 6.45) is 10.5. The van der Waals surface area contributed by atoms with Gasteiger partial charge >= 0.3 is 5.97 Å². The molecule has 0 amide bonds. The minimum atomic E-state index is -0.429. The van der Waals surface area contributed by atoms with Gasteiger partial charge in [-0.1, -0.05) is 6.92 Å². The Labute approximate surface area is 226 Å². The van der Waals surface area contributed by atoms with Gasteiger partial charge in [-0.15, -0.1) is 0 Å². The molecular weight excluding hydrogens is 466 g/mol. The van der Waals surface area contributed by atoms with Gasteiger partial charge in [0.15, 0.2) is 0 Å². The van der Waals surface area contributed by atoms with Crippen molar-refractivity contribution in [2.24, 2.45) is 17.8 Å². The fraction of sp³-hybridized carbons (Fsp3) is 0.966. The van der Waals surface area contributed by atoms with Crippen molar-refractivity contribution >= 4 is 5.97 Å². The van der Waals surface area contributed by atoms with Crippen LogP contribution in [0.15, 0.2) is 0 Å². The zero-order valence-electron chi connectivity index (χ0n) is 24.6. The molecule has 3 aliphatic rings. The summed E-state index contributed by atoms with van der Waals surface area (Å²) in [4.78, 5) is 14.5. The first-order valence-corrected chi connectivity index (χ1v) is 15.1. The summed E-state index contributed by atoms with van der Waals surface area (Å²) in [6.45, 7) is 15.9. The van der Waals surface area contributed by atoms with Crippen molar-refractivity contribution in [2.75, 3.05) is 46.4 Å². The molecule has 8 nitrogen and oxygen atoms in total. The molecule has 0 aromatic carbocycles. The quantitative estimate of drug-likeness (QED) is 0.291. The summed E-state index contributed by atoms with van der Waals surface area (Å²) in [5.41, 5.74) is -0.429. The molecule has 0 aromatic rings. The lowest BCUT2D eigenvalue weighted by Crippen LogP contribution is -2.63. The predicted octanol–water partition coefficient (Wildman–Crippen LogP) is 3.07. The summed E-state index contributed by atoms with van der Waals surface area (Å²) >= 11 is 0. The van der Waals surface area contributed by atoms with Crippen LogP contribution in [0.5, 0.6) is 0 Å². The molecule has 3 rings (SSSR count). The number of rotatable bonds is 12. The molecular formula is C29H57N5O3. The highest BCUT2D eigenvalue weighted by Crippen LogP contribution is 2.33. The molecule has 2 saturated carbocycles. The number of esters is 1. The first-order chi connectivity index (χ1) is 17.6. The molecule has 1 saturated heterocycles. The molecule has 0 radical (unpaired) electrons. The van der Waals surface area contributed by atoms with Crippen LogP contribution >= 0.6 is 0 Å². The van der Waals surface area contributed by atoms with Gasteiger partial charge < -0.3 is 19.7 Å². The van der Waals surface area contributed by atoms with E-state index in [2.05, 4.69) is 40.1 Å². The third kappa shape index (κ3) is 11.1. The SMILES string of the molecule is CCN(C)CCOC1CCC(NC2NCC(C3CCC(CN[C@@H](C)C(=O)OC(C)(C)C)CC3)CN2)CC1.